The fourth-order valence-electron chi connectivity index (χ4n) is 3.52. The number of anilines is 1. The largest absolute Gasteiger partial charge is 0.432 e. The van der Waals surface area contributed by atoms with Crippen LogP contribution in [0.2, 0.25) is 0 Å². The number of aromatic nitrogens is 5. The average molecular weight is 501 g/mol. The fourth-order valence-corrected chi connectivity index (χ4v) is 4.28. The van der Waals surface area contributed by atoms with E-state index in [9.17, 15) is 18.0 Å². The Balaban J connectivity index is 1.49. The van der Waals surface area contributed by atoms with Gasteiger partial charge in [-0.05, 0) is 18.2 Å². The molecule has 3 heterocycles. The lowest BCUT2D eigenvalue weighted by Gasteiger charge is -2.13. The van der Waals surface area contributed by atoms with Crippen LogP contribution in [-0.4, -0.2) is 31.3 Å². The molecule has 35 heavy (non-hydrogen) atoms. The van der Waals surface area contributed by atoms with E-state index in [-0.39, 0.29) is 34.2 Å². The molecule has 0 saturated carbocycles. The Morgan fingerprint density at radius 2 is 1.97 bits per heavy atom. The van der Waals surface area contributed by atoms with Crippen LogP contribution >= 0.6 is 11.3 Å². The molecular weight excluding hydrogens is 486 g/mol. The maximum absolute atomic E-state index is 15.1. The maximum atomic E-state index is 15.1. The number of carbonyl (C=O) groups is 1. The summed E-state index contributed by atoms with van der Waals surface area (Å²) in [4.78, 5) is 17.1. The van der Waals surface area contributed by atoms with Crippen molar-refractivity contribution in [2.24, 2.45) is 5.73 Å². The van der Waals surface area contributed by atoms with Crippen molar-refractivity contribution < 1.29 is 22.4 Å². The highest BCUT2D eigenvalue weighted by molar-refractivity contribution is 7.13. The highest BCUT2D eigenvalue weighted by atomic mass is 32.1. The Kier molecular flexibility index (Phi) is 5.57. The molecule has 0 aliphatic rings. The van der Waals surface area contributed by atoms with E-state index in [1.807, 2.05) is 5.10 Å². The third-order valence-corrected chi connectivity index (χ3v) is 6.12. The van der Waals surface area contributed by atoms with E-state index >= 15 is 4.39 Å². The second-order valence-corrected chi connectivity index (χ2v) is 8.35. The third-order valence-electron chi connectivity index (χ3n) is 5.25. The minimum absolute atomic E-state index is 0.000163. The zero-order valence-corrected chi connectivity index (χ0v) is 18.4. The summed E-state index contributed by atoms with van der Waals surface area (Å²) in [5, 5.41) is 17.3. The standard InChI is InChI=1S/C22H15F4N7OS/c23-19-10(7-27)2-1-3-12(19)13-4-11-8-28-31-14(11)5-15(13)29-20(34)17-9-35-21(30-17)16-6-18(33-32-16)22(24,25)26/h1-6,8-9H,7,27H2,(H,28,31)(H,29,34)(H,32,33). The van der Waals surface area contributed by atoms with Crippen molar-refractivity contribution in [3.05, 3.63) is 70.7 Å². The van der Waals surface area contributed by atoms with Gasteiger partial charge in [0.25, 0.3) is 5.91 Å². The Morgan fingerprint density at radius 1 is 1.14 bits per heavy atom. The molecule has 0 aliphatic heterocycles. The van der Waals surface area contributed by atoms with Gasteiger partial charge in [0.1, 0.15) is 27.9 Å². The molecule has 0 spiro atoms. The second kappa shape index (κ2) is 8.60. The van der Waals surface area contributed by atoms with Gasteiger partial charge in [-0.15, -0.1) is 11.3 Å². The van der Waals surface area contributed by atoms with Gasteiger partial charge in [-0.25, -0.2) is 9.37 Å². The normalized spacial score (nSPS) is 11.8. The van der Waals surface area contributed by atoms with Crippen molar-refractivity contribution in [3.63, 3.8) is 0 Å². The predicted molar refractivity (Wildman–Crippen MR) is 122 cm³/mol. The molecule has 3 aromatic heterocycles. The molecule has 0 bridgehead atoms. The first-order valence-electron chi connectivity index (χ1n) is 10.1. The van der Waals surface area contributed by atoms with Crippen LogP contribution in [0.5, 0.6) is 0 Å². The van der Waals surface area contributed by atoms with Crippen LogP contribution in [0.4, 0.5) is 23.2 Å². The van der Waals surface area contributed by atoms with Gasteiger partial charge in [-0.1, -0.05) is 18.2 Å². The van der Waals surface area contributed by atoms with E-state index in [2.05, 4.69) is 25.6 Å². The van der Waals surface area contributed by atoms with E-state index < -0.39 is 23.6 Å². The van der Waals surface area contributed by atoms with Gasteiger partial charge in [-0.3, -0.25) is 15.0 Å². The quantitative estimate of drug-likeness (QED) is 0.254. The monoisotopic (exact) mass is 501 g/mol. The molecule has 13 heteroatoms. The number of thiazole rings is 1. The molecule has 5 aromatic rings. The van der Waals surface area contributed by atoms with E-state index in [4.69, 9.17) is 5.73 Å². The van der Waals surface area contributed by atoms with Crippen LogP contribution in [0.1, 0.15) is 21.7 Å². The number of nitrogens with zero attached hydrogens (tertiary/aromatic N) is 3. The van der Waals surface area contributed by atoms with Gasteiger partial charge in [-0.2, -0.15) is 23.4 Å². The number of amides is 1. The van der Waals surface area contributed by atoms with E-state index in [0.717, 1.165) is 17.4 Å². The van der Waals surface area contributed by atoms with Crippen molar-refractivity contribution in [1.82, 2.24) is 25.4 Å². The minimum Gasteiger partial charge on any atom is -0.326 e. The number of benzene rings is 2. The summed E-state index contributed by atoms with van der Waals surface area (Å²) in [7, 11) is 0. The molecular formula is C22H15F4N7OS. The van der Waals surface area contributed by atoms with Gasteiger partial charge in [0.2, 0.25) is 0 Å². The molecule has 0 atom stereocenters. The Labute approximate surface area is 198 Å². The molecule has 2 aromatic carbocycles. The Bertz CT molecular complexity index is 1550. The lowest BCUT2D eigenvalue weighted by Crippen LogP contribution is -2.13. The first kappa shape index (κ1) is 22.7. The van der Waals surface area contributed by atoms with Crippen molar-refractivity contribution >= 4 is 33.8 Å². The van der Waals surface area contributed by atoms with Crippen LogP contribution in [0.3, 0.4) is 0 Å². The number of rotatable bonds is 5. The number of carbonyl (C=O) groups excluding carboxylic acids is 1. The number of hydrogen-bond donors (Lipinski definition) is 4. The summed E-state index contributed by atoms with van der Waals surface area (Å²) in [5.41, 5.74) is 6.39. The minimum atomic E-state index is -4.58. The summed E-state index contributed by atoms with van der Waals surface area (Å²) in [6.45, 7) is 0.000163. The number of hydrogen-bond acceptors (Lipinski definition) is 6. The van der Waals surface area contributed by atoms with E-state index in [1.165, 1.54) is 5.38 Å². The zero-order valence-electron chi connectivity index (χ0n) is 17.6. The zero-order chi connectivity index (χ0) is 24.7. The fraction of sp³-hybridized carbons (Fsp3) is 0.0909. The smallest absolute Gasteiger partial charge is 0.326 e. The molecule has 0 radical (unpaired) electrons. The van der Waals surface area contributed by atoms with Crippen LogP contribution < -0.4 is 11.1 Å². The molecule has 5 rings (SSSR count). The summed E-state index contributed by atoms with van der Waals surface area (Å²) in [5.74, 6) is -1.14. The van der Waals surface area contributed by atoms with Crippen LogP contribution in [0.15, 0.2) is 48.0 Å². The first-order valence-corrected chi connectivity index (χ1v) is 11.0. The number of aromatic amines is 2. The van der Waals surface area contributed by atoms with Crippen molar-refractivity contribution in [3.8, 4) is 21.8 Å². The summed E-state index contributed by atoms with van der Waals surface area (Å²) in [6.07, 6.45) is -3.01. The van der Waals surface area contributed by atoms with Gasteiger partial charge < -0.3 is 11.1 Å². The van der Waals surface area contributed by atoms with Crippen molar-refractivity contribution in [2.45, 2.75) is 12.7 Å². The molecule has 178 valence electrons. The summed E-state index contributed by atoms with van der Waals surface area (Å²) in [6, 6.07) is 8.92. The number of nitrogens with two attached hydrogens (primary N) is 1. The Hall–Kier alpha value is -4.10. The van der Waals surface area contributed by atoms with Crippen LogP contribution in [-0.2, 0) is 12.7 Å². The predicted octanol–water partition coefficient (Wildman–Crippen LogP) is 4.95. The van der Waals surface area contributed by atoms with Crippen LogP contribution in [0.25, 0.3) is 32.7 Å². The van der Waals surface area contributed by atoms with Crippen LogP contribution in [0, 0.1) is 5.82 Å². The summed E-state index contributed by atoms with van der Waals surface area (Å²) >= 11 is 0.966. The number of H-pyrrole nitrogens is 2. The highest BCUT2D eigenvalue weighted by Crippen LogP contribution is 2.35. The van der Waals surface area contributed by atoms with Crippen molar-refractivity contribution in [2.75, 3.05) is 5.32 Å². The molecule has 0 unspecified atom stereocenters. The van der Waals surface area contributed by atoms with E-state index in [0.29, 0.717) is 22.0 Å². The average Bonchev–Trinajstić information content (AvgIpc) is 3.58. The molecule has 1 amide bonds. The van der Waals surface area contributed by atoms with E-state index in [1.54, 1.807) is 36.5 Å². The van der Waals surface area contributed by atoms with Gasteiger partial charge in [0.05, 0.1) is 17.4 Å². The molecule has 0 fully saturated rings. The first-order chi connectivity index (χ1) is 16.7. The molecule has 0 saturated heterocycles. The highest BCUT2D eigenvalue weighted by Gasteiger charge is 2.33. The third kappa shape index (κ3) is 4.26. The van der Waals surface area contributed by atoms with Gasteiger partial charge in [0.15, 0.2) is 0 Å². The summed E-state index contributed by atoms with van der Waals surface area (Å²) < 4.78 is 53.6. The number of alkyl halides is 3. The molecule has 5 N–H and O–H groups in total. The number of fused-ring (bicyclic) bond motifs is 1. The van der Waals surface area contributed by atoms with Gasteiger partial charge in [0, 0.05) is 34.0 Å². The molecule has 0 aliphatic carbocycles. The maximum Gasteiger partial charge on any atom is 0.432 e. The van der Waals surface area contributed by atoms with Crippen molar-refractivity contribution in [1.29, 1.82) is 0 Å². The molecule has 8 nitrogen and oxygen atoms in total. The topological polar surface area (TPSA) is 125 Å². The lowest BCUT2D eigenvalue weighted by atomic mass is 9.98. The van der Waals surface area contributed by atoms with Gasteiger partial charge >= 0.3 is 6.18 Å². The lowest BCUT2D eigenvalue weighted by molar-refractivity contribution is -0.141. The second-order valence-electron chi connectivity index (χ2n) is 7.49. The SMILES string of the molecule is NCc1cccc(-c2cc3cn[nH]c3cc2NC(=O)c2csc(-c3cc(C(F)(F)F)[nH]n3)n2)c1F. The number of halogens is 4. The Morgan fingerprint density at radius 3 is 2.71 bits per heavy atom. The number of nitrogens with one attached hydrogen (secondary N) is 3.